The Kier molecular flexibility index (Phi) is 10.3. The van der Waals surface area contributed by atoms with Crippen LogP contribution in [-0.2, 0) is 12.8 Å². The Bertz CT molecular complexity index is 1060. The van der Waals surface area contributed by atoms with Crippen LogP contribution in [0.4, 0.5) is 0 Å². The molecule has 6 nitrogen and oxygen atoms in total. The summed E-state index contributed by atoms with van der Waals surface area (Å²) in [6.45, 7) is 5.66. The molecule has 0 spiro atoms. The van der Waals surface area contributed by atoms with E-state index in [1.54, 1.807) is 28.4 Å². The average molecular weight is 554 g/mol. The predicted octanol–water partition coefficient (Wildman–Crippen LogP) is 5.79. The zero-order valence-electron chi connectivity index (χ0n) is 22.7. The molecule has 0 radical (unpaired) electrons. The fourth-order valence-corrected chi connectivity index (χ4v) is 6.74. The molecule has 1 N–H and O–H groups in total. The van der Waals surface area contributed by atoms with Gasteiger partial charge in [-0.25, -0.2) is 0 Å². The third kappa shape index (κ3) is 5.63. The molecule has 0 aliphatic carbocycles. The lowest BCUT2D eigenvalue weighted by Gasteiger charge is -2.48. The SMILES string of the molecule is CC[C@@H]1CN2CCc3cc(OC)c(OC)cc3[C@H]2C[C@H]1C[C@@H]1NCCc2cc(OC)c(OC)cc21.Cl.Cl. The second kappa shape index (κ2) is 12.8. The van der Waals surface area contributed by atoms with Crippen molar-refractivity contribution in [3.05, 3.63) is 46.5 Å². The molecule has 8 heteroatoms. The van der Waals surface area contributed by atoms with Gasteiger partial charge in [0, 0.05) is 25.2 Å². The third-order valence-electron chi connectivity index (χ3n) is 8.64. The Morgan fingerprint density at radius 3 is 1.95 bits per heavy atom. The summed E-state index contributed by atoms with van der Waals surface area (Å²) >= 11 is 0. The van der Waals surface area contributed by atoms with Crippen LogP contribution in [-0.4, -0.2) is 53.0 Å². The van der Waals surface area contributed by atoms with Gasteiger partial charge in [-0.1, -0.05) is 13.3 Å². The largest absolute Gasteiger partial charge is 0.493 e. The van der Waals surface area contributed by atoms with Crippen molar-refractivity contribution >= 4 is 24.8 Å². The van der Waals surface area contributed by atoms with Crippen molar-refractivity contribution in [3.63, 3.8) is 0 Å². The van der Waals surface area contributed by atoms with E-state index in [9.17, 15) is 0 Å². The number of fused-ring (bicyclic) bond motifs is 4. The van der Waals surface area contributed by atoms with Crippen molar-refractivity contribution in [2.75, 3.05) is 48.1 Å². The van der Waals surface area contributed by atoms with E-state index in [0.29, 0.717) is 23.9 Å². The molecule has 5 rings (SSSR count). The second-order valence-electron chi connectivity index (χ2n) is 10.2. The van der Waals surface area contributed by atoms with Crippen molar-refractivity contribution in [2.24, 2.45) is 11.8 Å². The molecule has 3 aliphatic rings. The van der Waals surface area contributed by atoms with Gasteiger partial charge in [-0.05, 0) is 90.6 Å². The summed E-state index contributed by atoms with van der Waals surface area (Å²) in [6.07, 6.45) is 5.65. The van der Waals surface area contributed by atoms with Gasteiger partial charge in [0.1, 0.15) is 0 Å². The normalized spacial score (nSPS) is 24.4. The van der Waals surface area contributed by atoms with Crippen molar-refractivity contribution in [2.45, 2.75) is 51.1 Å². The van der Waals surface area contributed by atoms with Gasteiger partial charge in [0.25, 0.3) is 0 Å². The summed E-state index contributed by atoms with van der Waals surface area (Å²) in [5, 5.41) is 3.83. The highest BCUT2D eigenvalue weighted by Crippen LogP contribution is 2.48. The maximum Gasteiger partial charge on any atom is 0.161 e. The zero-order valence-corrected chi connectivity index (χ0v) is 24.3. The van der Waals surface area contributed by atoms with Crippen LogP contribution < -0.4 is 24.3 Å². The molecule has 3 aliphatic heterocycles. The highest BCUT2D eigenvalue weighted by Gasteiger charge is 2.40. The van der Waals surface area contributed by atoms with Crippen LogP contribution >= 0.6 is 24.8 Å². The molecule has 0 saturated carbocycles. The van der Waals surface area contributed by atoms with E-state index in [1.165, 1.54) is 41.6 Å². The van der Waals surface area contributed by atoms with Gasteiger partial charge in [-0.15, -0.1) is 24.8 Å². The minimum Gasteiger partial charge on any atom is -0.493 e. The van der Waals surface area contributed by atoms with E-state index in [2.05, 4.69) is 41.4 Å². The Labute approximate surface area is 234 Å². The smallest absolute Gasteiger partial charge is 0.161 e. The number of hydrogen-bond donors (Lipinski definition) is 1. The summed E-state index contributed by atoms with van der Waals surface area (Å²) in [7, 11) is 6.90. The van der Waals surface area contributed by atoms with Gasteiger partial charge in [0.2, 0.25) is 0 Å². The monoisotopic (exact) mass is 552 g/mol. The van der Waals surface area contributed by atoms with Crippen LogP contribution in [0.2, 0.25) is 0 Å². The van der Waals surface area contributed by atoms with Crippen LogP contribution in [0.15, 0.2) is 24.3 Å². The molecule has 1 fully saturated rings. The van der Waals surface area contributed by atoms with Crippen LogP contribution in [0.5, 0.6) is 23.0 Å². The number of hydrogen-bond acceptors (Lipinski definition) is 6. The Hall–Kier alpha value is -1.86. The lowest BCUT2D eigenvalue weighted by molar-refractivity contribution is 0.0434. The molecule has 0 unspecified atom stereocenters. The van der Waals surface area contributed by atoms with Gasteiger partial charge < -0.3 is 24.3 Å². The van der Waals surface area contributed by atoms with Crippen LogP contribution in [0, 0.1) is 11.8 Å². The van der Waals surface area contributed by atoms with Gasteiger partial charge in [-0.2, -0.15) is 0 Å². The fourth-order valence-electron chi connectivity index (χ4n) is 6.74. The number of piperidine rings is 1. The molecule has 0 amide bonds. The summed E-state index contributed by atoms with van der Waals surface area (Å²) in [4.78, 5) is 2.72. The van der Waals surface area contributed by atoms with Crippen LogP contribution in [0.1, 0.15) is 60.5 Å². The van der Waals surface area contributed by atoms with E-state index in [0.717, 1.165) is 55.4 Å². The average Bonchev–Trinajstić information content (AvgIpc) is 2.91. The van der Waals surface area contributed by atoms with E-state index >= 15 is 0 Å². The lowest BCUT2D eigenvalue weighted by Crippen LogP contribution is -2.46. The standard InChI is InChI=1S/C29H40N2O4.2ClH/c1-6-18-17-31-10-8-20-14-27(33-3)29(35-5)16-23(20)25(31)12-21(18)11-24-22-15-28(34-4)26(32-2)13-19(22)7-9-30-24;;/h13-16,18,21,24-25,30H,6-12,17H2,1-5H3;2*1H/t18-,21-,24+,25-;;/m1../s1. The third-order valence-corrected chi connectivity index (χ3v) is 8.64. The second-order valence-corrected chi connectivity index (χ2v) is 10.2. The minimum absolute atomic E-state index is 0. The predicted molar refractivity (Wildman–Crippen MR) is 153 cm³/mol. The summed E-state index contributed by atoms with van der Waals surface area (Å²) in [6, 6.07) is 9.61. The number of nitrogens with zero attached hydrogens (tertiary/aromatic N) is 1. The zero-order chi connectivity index (χ0) is 24.5. The van der Waals surface area contributed by atoms with E-state index < -0.39 is 0 Å². The van der Waals surface area contributed by atoms with Gasteiger partial charge in [0.05, 0.1) is 28.4 Å². The molecule has 37 heavy (non-hydrogen) atoms. The lowest BCUT2D eigenvalue weighted by atomic mass is 9.72. The van der Waals surface area contributed by atoms with Crippen LogP contribution in [0.25, 0.3) is 0 Å². The highest BCUT2D eigenvalue weighted by molar-refractivity contribution is 5.85. The number of nitrogens with one attached hydrogen (secondary N) is 1. The first-order valence-corrected chi connectivity index (χ1v) is 13.1. The number of ether oxygens (including phenoxy) is 4. The number of rotatable bonds is 7. The maximum absolute atomic E-state index is 5.68. The minimum atomic E-state index is 0. The molecule has 1 saturated heterocycles. The molecule has 206 valence electrons. The fraction of sp³-hybridized carbons (Fsp3) is 0.586. The van der Waals surface area contributed by atoms with Crippen molar-refractivity contribution in [3.8, 4) is 23.0 Å². The first-order chi connectivity index (χ1) is 17.1. The van der Waals surface area contributed by atoms with Gasteiger partial charge in [-0.3, -0.25) is 4.90 Å². The Morgan fingerprint density at radius 2 is 1.35 bits per heavy atom. The van der Waals surface area contributed by atoms with Crippen molar-refractivity contribution in [1.82, 2.24) is 10.2 Å². The number of benzene rings is 2. The van der Waals surface area contributed by atoms with Crippen molar-refractivity contribution in [1.29, 1.82) is 0 Å². The quantitative estimate of drug-likeness (QED) is 0.469. The Morgan fingerprint density at radius 1 is 0.784 bits per heavy atom. The maximum atomic E-state index is 5.68. The molecule has 0 aromatic heterocycles. The number of methoxy groups -OCH3 is 4. The van der Waals surface area contributed by atoms with E-state index in [4.69, 9.17) is 18.9 Å². The topological polar surface area (TPSA) is 52.2 Å². The number of halogens is 2. The van der Waals surface area contributed by atoms with E-state index in [-0.39, 0.29) is 24.8 Å². The van der Waals surface area contributed by atoms with Gasteiger partial charge >= 0.3 is 0 Å². The highest BCUT2D eigenvalue weighted by atomic mass is 35.5. The molecular formula is C29H42Cl2N2O4. The summed E-state index contributed by atoms with van der Waals surface area (Å²) < 4.78 is 22.5. The molecular weight excluding hydrogens is 511 g/mol. The molecule has 2 aromatic carbocycles. The van der Waals surface area contributed by atoms with Crippen molar-refractivity contribution < 1.29 is 18.9 Å². The Balaban J connectivity index is 0.00000190. The van der Waals surface area contributed by atoms with Crippen LogP contribution in [0.3, 0.4) is 0 Å². The first kappa shape index (κ1) is 29.7. The molecule has 0 bridgehead atoms. The summed E-state index contributed by atoms with van der Waals surface area (Å²) in [5.41, 5.74) is 5.60. The molecule has 2 aromatic rings. The first-order valence-electron chi connectivity index (χ1n) is 13.1. The van der Waals surface area contributed by atoms with Gasteiger partial charge in [0.15, 0.2) is 23.0 Å². The molecule has 4 atom stereocenters. The van der Waals surface area contributed by atoms with E-state index in [1.807, 2.05) is 0 Å². The molecule has 3 heterocycles. The summed E-state index contributed by atoms with van der Waals surface area (Å²) in [5.74, 6) is 4.69.